The van der Waals surface area contributed by atoms with Crippen LogP contribution in [-0.2, 0) is 41.5 Å². The molecule has 6 aromatic carbocycles. The molecule has 0 saturated carbocycles. The Hall–Kier alpha value is -6.86. The molecule has 0 aromatic heterocycles. The molecule has 64 heavy (non-hydrogen) atoms. The predicted octanol–water partition coefficient (Wildman–Crippen LogP) is 5.10. The third-order valence-corrected chi connectivity index (χ3v) is 12.1. The summed E-state index contributed by atoms with van der Waals surface area (Å²) in [5.74, 6) is 11.0. The highest BCUT2D eigenvalue weighted by Crippen LogP contribution is 2.42. The van der Waals surface area contributed by atoms with Crippen molar-refractivity contribution in [2.45, 2.75) is 34.5 Å². The molecule has 322 valence electrons. The van der Waals surface area contributed by atoms with Gasteiger partial charge in [-0.1, -0.05) is 182 Å². The fraction of sp³-hybridized carbons (Fsp3) is 0.222. The second kappa shape index (κ2) is 18.9. The highest BCUT2D eigenvalue weighted by Gasteiger charge is 2.62. The molecule has 4 saturated heterocycles. The van der Waals surface area contributed by atoms with Crippen LogP contribution in [0.3, 0.4) is 0 Å². The van der Waals surface area contributed by atoms with Crippen LogP contribution in [0.4, 0.5) is 0 Å². The average molecular weight is 853 g/mol. The van der Waals surface area contributed by atoms with Crippen molar-refractivity contribution in [1.82, 2.24) is 9.80 Å². The molecule has 0 aliphatic carbocycles. The fourth-order valence-electron chi connectivity index (χ4n) is 8.58. The summed E-state index contributed by atoms with van der Waals surface area (Å²) in [5, 5.41) is 44.0. The minimum Gasteiger partial charge on any atom is -0.377 e. The maximum Gasteiger partial charge on any atom is 0.262 e. The Kier molecular flexibility index (Phi) is 12.9. The van der Waals surface area contributed by atoms with E-state index >= 15 is 0 Å². The van der Waals surface area contributed by atoms with Gasteiger partial charge in [0.05, 0.1) is 38.5 Å². The van der Waals surface area contributed by atoms with E-state index in [0.717, 1.165) is 0 Å². The molecule has 4 fully saturated rings. The van der Waals surface area contributed by atoms with Crippen molar-refractivity contribution in [3.63, 3.8) is 0 Å². The number of carbonyl (C=O) groups excluding carboxylic acids is 2. The van der Waals surface area contributed by atoms with Gasteiger partial charge in [-0.3, -0.25) is 9.59 Å². The molecule has 0 unspecified atom stereocenters. The minimum atomic E-state index is -1.52. The van der Waals surface area contributed by atoms with Crippen LogP contribution in [0.2, 0.25) is 0 Å². The van der Waals surface area contributed by atoms with E-state index in [-0.39, 0.29) is 23.9 Å². The Morgan fingerprint density at radius 1 is 0.453 bits per heavy atom. The molecule has 10 nitrogen and oxygen atoms in total. The molecule has 4 aliphatic heterocycles. The van der Waals surface area contributed by atoms with E-state index in [0.29, 0.717) is 72.9 Å². The summed E-state index contributed by atoms with van der Waals surface area (Å²) in [6, 6.07) is 54.8. The SMILES string of the molecule is O=C1N2CCOC[C@@H]2[C@]1(O)c1ccccc1.O=C1N2CCOC[C@H]2[C@@]1(O)c1ccccc1.OC(C#CC#CC(O)(c1ccccc1)c1ccccc1)(c1ccccc1)c1ccccc1. The molecular formula is C54H48N2O8. The van der Waals surface area contributed by atoms with E-state index in [1.807, 2.05) is 158 Å². The molecule has 2 amide bonds. The van der Waals surface area contributed by atoms with Gasteiger partial charge >= 0.3 is 0 Å². The Bertz CT molecular complexity index is 2380. The molecule has 0 bridgehead atoms. The van der Waals surface area contributed by atoms with Crippen molar-refractivity contribution >= 4 is 11.8 Å². The second-order valence-corrected chi connectivity index (χ2v) is 15.8. The van der Waals surface area contributed by atoms with E-state index < -0.39 is 22.4 Å². The number of benzene rings is 6. The van der Waals surface area contributed by atoms with E-state index in [4.69, 9.17) is 9.47 Å². The van der Waals surface area contributed by atoms with E-state index in [2.05, 4.69) is 23.7 Å². The number of fused-ring (bicyclic) bond motifs is 2. The van der Waals surface area contributed by atoms with Crippen LogP contribution in [0.15, 0.2) is 182 Å². The van der Waals surface area contributed by atoms with Gasteiger partial charge in [0, 0.05) is 35.3 Å². The molecule has 6 aromatic rings. The third kappa shape index (κ3) is 8.23. The van der Waals surface area contributed by atoms with E-state index in [1.165, 1.54) is 0 Å². The summed E-state index contributed by atoms with van der Waals surface area (Å²) in [4.78, 5) is 27.3. The van der Waals surface area contributed by atoms with Crippen molar-refractivity contribution < 1.29 is 39.5 Å². The molecule has 4 heterocycles. The number of nitrogens with zero attached hydrogens (tertiary/aromatic N) is 2. The maximum absolute atomic E-state index is 11.9. The normalized spacial score (nSPS) is 22.1. The number of hydrogen-bond donors (Lipinski definition) is 4. The number of hydrogen-bond acceptors (Lipinski definition) is 8. The number of amides is 2. The molecule has 4 N–H and O–H groups in total. The number of rotatable bonds is 6. The van der Waals surface area contributed by atoms with Crippen molar-refractivity contribution in [3.8, 4) is 23.7 Å². The first-order valence-electron chi connectivity index (χ1n) is 21.2. The molecule has 4 atom stereocenters. The maximum atomic E-state index is 11.9. The van der Waals surface area contributed by atoms with Crippen molar-refractivity contribution in [2.24, 2.45) is 0 Å². The van der Waals surface area contributed by atoms with Gasteiger partial charge < -0.3 is 39.7 Å². The quantitative estimate of drug-likeness (QED) is 0.134. The molecule has 10 rings (SSSR count). The lowest BCUT2D eigenvalue weighted by atomic mass is 9.76. The van der Waals surface area contributed by atoms with Gasteiger partial charge in [0.25, 0.3) is 11.8 Å². The van der Waals surface area contributed by atoms with Gasteiger partial charge in [0.2, 0.25) is 0 Å². The van der Waals surface area contributed by atoms with Crippen LogP contribution >= 0.6 is 0 Å². The number of carbonyl (C=O) groups is 2. The predicted molar refractivity (Wildman–Crippen MR) is 241 cm³/mol. The van der Waals surface area contributed by atoms with Gasteiger partial charge in [-0.05, 0) is 34.8 Å². The first-order chi connectivity index (χ1) is 31.1. The van der Waals surface area contributed by atoms with Gasteiger partial charge in [0.15, 0.2) is 22.4 Å². The summed E-state index contributed by atoms with van der Waals surface area (Å²) in [6.45, 7) is 3.12. The minimum absolute atomic E-state index is 0.202. The van der Waals surface area contributed by atoms with Gasteiger partial charge in [-0.15, -0.1) is 0 Å². The Morgan fingerprint density at radius 3 is 1.00 bits per heavy atom. The monoisotopic (exact) mass is 852 g/mol. The van der Waals surface area contributed by atoms with Crippen LogP contribution in [0.25, 0.3) is 0 Å². The second-order valence-electron chi connectivity index (χ2n) is 15.8. The zero-order valence-electron chi connectivity index (χ0n) is 35.0. The van der Waals surface area contributed by atoms with Crippen LogP contribution in [0.5, 0.6) is 0 Å². The lowest BCUT2D eigenvalue weighted by Crippen LogP contribution is -2.75. The zero-order chi connectivity index (χ0) is 44.6. The highest BCUT2D eigenvalue weighted by atomic mass is 16.5. The van der Waals surface area contributed by atoms with Crippen molar-refractivity contribution in [1.29, 1.82) is 0 Å². The zero-order valence-corrected chi connectivity index (χ0v) is 35.0. The number of ether oxygens (including phenoxy) is 2. The van der Waals surface area contributed by atoms with E-state index in [9.17, 15) is 30.0 Å². The lowest BCUT2D eigenvalue weighted by Gasteiger charge is -2.54. The van der Waals surface area contributed by atoms with Gasteiger partial charge in [-0.25, -0.2) is 0 Å². The van der Waals surface area contributed by atoms with Gasteiger partial charge in [-0.2, -0.15) is 0 Å². The highest BCUT2D eigenvalue weighted by molar-refractivity contribution is 5.94. The molecule has 10 heteroatoms. The fourth-order valence-corrected chi connectivity index (χ4v) is 8.58. The third-order valence-electron chi connectivity index (χ3n) is 12.1. The summed E-state index contributed by atoms with van der Waals surface area (Å²) in [5.41, 5.74) is -1.85. The van der Waals surface area contributed by atoms with Crippen molar-refractivity contribution in [2.75, 3.05) is 39.5 Å². The van der Waals surface area contributed by atoms with Crippen LogP contribution in [-0.4, -0.2) is 93.6 Å². The topological polar surface area (TPSA) is 140 Å². The molecular weight excluding hydrogens is 805 g/mol. The largest absolute Gasteiger partial charge is 0.377 e. The standard InChI is InChI=1S/C30H22O2.2C12H13NO3/c31-29(25-15-5-1-6-16-25,26-17-7-2-8-18-26)23-13-14-24-30(32,27-19-9-3-10-20-27)28-21-11-4-12-22-28;2*14-11-12(15,9-4-2-1-3-5-9)10-8-16-7-6-13(10)11/h1-12,15-22,31-32H;2*1-5,10,15H,6-8H2/t;2*10-,12-/m.10/s1. The summed E-state index contributed by atoms with van der Waals surface area (Å²) in [6.07, 6.45) is 0. The first kappa shape index (κ1) is 43.8. The number of morpholine rings is 2. The smallest absolute Gasteiger partial charge is 0.262 e. The Balaban J connectivity index is 0.000000145. The summed E-state index contributed by atoms with van der Waals surface area (Å²) in [7, 11) is 0. The van der Waals surface area contributed by atoms with Crippen LogP contribution in [0, 0.1) is 23.7 Å². The summed E-state index contributed by atoms with van der Waals surface area (Å²) < 4.78 is 10.6. The molecule has 0 spiro atoms. The summed E-state index contributed by atoms with van der Waals surface area (Å²) >= 11 is 0. The Morgan fingerprint density at radius 2 is 0.719 bits per heavy atom. The van der Waals surface area contributed by atoms with E-state index in [1.54, 1.807) is 34.1 Å². The number of β-lactam (4-membered cyclic amide) rings is 2. The van der Waals surface area contributed by atoms with Gasteiger partial charge in [0.1, 0.15) is 0 Å². The Labute approximate surface area is 373 Å². The lowest BCUT2D eigenvalue weighted by molar-refractivity contribution is -0.214. The van der Waals surface area contributed by atoms with Crippen LogP contribution in [0.1, 0.15) is 33.4 Å². The van der Waals surface area contributed by atoms with Crippen LogP contribution < -0.4 is 0 Å². The first-order valence-corrected chi connectivity index (χ1v) is 21.2. The molecule has 4 aliphatic rings. The van der Waals surface area contributed by atoms with Crippen molar-refractivity contribution in [3.05, 3.63) is 215 Å². The molecule has 0 radical (unpaired) electrons. The number of aliphatic hydroxyl groups is 4. The average Bonchev–Trinajstić information content (AvgIpc) is 3.38.